The Morgan fingerprint density at radius 1 is 1.43 bits per heavy atom. The zero-order chi connectivity index (χ0) is 9.84. The summed E-state index contributed by atoms with van der Waals surface area (Å²) in [4.78, 5) is 11.7. The van der Waals surface area contributed by atoms with E-state index < -0.39 is 0 Å². The van der Waals surface area contributed by atoms with Crippen molar-refractivity contribution in [2.24, 2.45) is 0 Å². The van der Waals surface area contributed by atoms with Gasteiger partial charge in [-0.3, -0.25) is 4.79 Å². The molecule has 0 aliphatic carbocycles. The Bertz CT molecular complexity index is 272. The number of hydrogen-bond donors (Lipinski definition) is 1. The van der Waals surface area contributed by atoms with Crippen LogP contribution < -0.4 is 5.32 Å². The number of carbonyl (C=O) groups is 1. The average Bonchev–Trinajstić information content (AvgIpc) is 2.53. The van der Waals surface area contributed by atoms with Gasteiger partial charge in [0.05, 0.1) is 6.04 Å². The van der Waals surface area contributed by atoms with Gasteiger partial charge in [0.2, 0.25) is 0 Å². The Balaban J connectivity index is 0.00000169. The molecule has 0 radical (unpaired) electrons. The number of carbonyl (C=O) groups excluding carboxylic acids is 1. The minimum atomic E-state index is -0.0883. The largest absolute Gasteiger partial charge is 0.305 e. The van der Waals surface area contributed by atoms with Crippen LogP contribution in [0.3, 0.4) is 0 Å². The SMILES string of the molecule is CC(C)NC(C)C(=O)c1ccsc1.Cl. The Kier molecular flexibility index (Phi) is 6.00. The second-order valence-corrected chi connectivity index (χ2v) is 4.20. The van der Waals surface area contributed by atoms with Crippen LogP contribution >= 0.6 is 23.7 Å². The topological polar surface area (TPSA) is 29.1 Å². The lowest BCUT2D eigenvalue weighted by Crippen LogP contribution is -2.38. The van der Waals surface area contributed by atoms with E-state index in [0.29, 0.717) is 6.04 Å². The van der Waals surface area contributed by atoms with Crippen molar-refractivity contribution in [1.29, 1.82) is 0 Å². The Labute approximate surface area is 95.1 Å². The predicted octanol–water partition coefficient (Wildman–Crippen LogP) is 2.74. The maximum absolute atomic E-state index is 11.7. The highest BCUT2D eigenvalue weighted by Crippen LogP contribution is 2.08. The molecule has 1 rings (SSSR count). The van der Waals surface area contributed by atoms with Crippen molar-refractivity contribution in [3.8, 4) is 0 Å². The van der Waals surface area contributed by atoms with E-state index in [2.05, 4.69) is 5.32 Å². The summed E-state index contributed by atoms with van der Waals surface area (Å²) in [7, 11) is 0. The molecule has 0 aromatic carbocycles. The molecule has 1 aromatic rings. The van der Waals surface area contributed by atoms with Crippen molar-refractivity contribution in [2.45, 2.75) is 32.9 Å². The number of Topliss-reactive ketones (excluding diaryl/α,β-unsaturated/α-hetero) is 1. The van der Waals surface area contributed by atoms with Crippen LogP contribution in [0, 0.1) is 0 Å². The third-order valence-corrected chi connectivity index (χ3v) is 2.47. The number of hydrogen-bond acceptors (Lipinski definition) is 3. The van der Waals surface area contributed by atoms with Gasteiger partial charge in [0.1, 0.15) is 0 Å². The van der Waals surface area contributed by atoms with Crippen LogP contribution in [0.2, 0.25) is 0 Å². The summed E-state index contributed by atoms with van der Waals surface area (Å²) in [5, 5.41) is 7.00. The second kappa shape index (κ2) is 6.17. The molecule has 4 heteroatoms. The Morgan fingerprint density at radius 2 is 2.07 bits per heavy atom. The monoisotopic (exact) mass is 233 g/mol. The highest BCUT2D eigenvalue weighted by atomic mass is 35.5. The summed E-state index contributed by atoms with van der Waals surface area (Å²) < 4.78 is 0. The van der Waals surface area contributed by atoms with Crippen LogP contribution in [-0.2, 0) is 0 Å². The van der Waals surface area contributed by atoms with Gasteiger partial charge in [0, 0.05) is 17.0 Å². The van der Waals surface area contributed by atoms with Crippen LogP contribution in [0.25, 0.3) is 0 Å². The minimum absolute atomic E-state index is 0. The molecule has 0 aliphatic rings. The lowest BCUT2D eigenvalue weighted by molar-refractivity contribution is 0.0947. The molecular formula is C10H16ClNOS. The molecule has 14 heavy (non-hydrogen) atoms. The molecule has 1 unspecified atom stereocenters. The molecule has 0 aliphatic heterocycles. The highest BCUT2D eigenvalue weighted by Gasteiger charge is 2.15. The van der Waals surface area contributed by atoms with Crippen LogP contribution in [-0.4, -0.2) is 17.9 Å². The van der Waals surface area contributed by atoms with E-state index in [4.69, 9.17) is 0 Å². The summed E-state index contributed by atoms with van der Waals surface area (Å²) in [6.07, 6.45) is 0. The van der Waals surface area contributed by atoms with Crippen LogP contribution in [0.1, 0.15) is 31.1 Å². The van der Waals surface area contributed by atoms with Crippen molar-refractivity contribution in [2.75, 3.05) is 0 Å². The van der Waals surface area contributed by atoms with E-state index in [0.717, 1.165) is 5.56 Å². The first-order valence-corrected chi connectivity index (χ1v) is 5.38. The summed E-state index contributed by atoms with van der Waals surface area (Å²) in [5.74, 6) is 0.176. The van der Waals surface area contributed by atoms with E-state index in [9.17, 15) is 4.79 Å². The molecule has 2 nitrogen and oxygen atoms in total. The van der Waals surface area contributed by atoms with Crippen molar-refractivity contribution in [3.05, 3.63) is 22.4 Å². The second-order valence-electron chi connectivity index (χ2n) is 3.42. The molecule has 0 saturated heterocycles. The molecule has 80 valence electrons. The lowest BCUT2D eigenvalue weighted by Gasteiger charge is -2.14. The molecule has 0 bridgehead atoms. The summed E-state index contributed by atoms with van der Waals surface area (Å²) >= 11 is 1.56. The van der Waals surface area contributed by atoms with Crippen molar-refractivity contribution in [3.63, 3.8) is 0 Å². The fourth-order valence-corrected chi connectivity index (χ4v) is 1.88. The number of halogens is 1. The summed E-state index contributed by atoms with van der Waals surface area (Å²) in [6.45, 7) is 5.98. The first-order valence-electron chi connectivity index (χ1n) is 4.43. The van der Waals surface area contributed by atoms with E-state index in [1.54, 1.807) is 11.3 Å². The number of nitrogens with one attached hydrogen (secondary N) is 1. The molecule has 1 atom stereocenters. The van der Waals surface area contributed by atoms with Crippen molar-refractivity contribution >= 4 is 29.5 Å². The molecular weight excluding hydrogens is 218 g/mol. The normalized spacial score (nSPS) is 12.3. The molecule has 0 saturated carbocycles. The van der Waals surface area contributed by atoms with Crippen LogP contribution in [0.15, 0.2) is 16.8 Å². The molecule has 0 spiro atoms. The minimum Gasteiger partial charge on any atom is -0.305 e. The van der Waals surface area contributed by atoms with E-state index in [1.165, 1.54) is 0 Å². The van der Waals surface area contributed by atoms with Gasteiger partial charge in [-0.2, -0.15) is 11.3 Å². The van der Waals surface area contributed by atoms with E-state index in [-0.39, 0.29) is 24.2 Å². The molecule has 0 fully saturated rings. The third-order valence-electron chi connectivity index (χ3n) is 1.78. The zero-order valence-electron chi connectivity index (χ0n) is 8.61. The first-order chi connectivity index (χ1) is 6.11. The number of rotatable bonds is 4. The van der Waals surface area contributed by atoms with Gasteiger partial charge in [-0.05, 0) is 18.4 Å². The predicted molar refractivity (Wildman–Crippen MR) is 63.6 cm³/mol. The van der Waals surface area contributed by atoms with Gasteiger partial charge >= 0.3 is 0 Å². The van der Waals surface area contributed by atoms with Crippen LogP contribution in [0.5, 0.6) is 0 Å². The fourth-order valence-electron chi connectivity index (χ4n) is 1.23. The van der Waals surface area contributed by atoms with Gasteiger partial charge in [-0.15, -0.1) is 12.4 Å². The number of thiophene rings is 1. The lowest BCUT2D eigenvalue weighted by atomic mass is 10.1. The van der Waals surface area contributed by atoms with Gasteiger partial charge in [0.25, 0.3) is 0 Å². The highest BCUT2D eigenvalue weighted by molar-refractivity contribution is 7.08. The summed E-state index contributed by atoms with van der Waals surface area (Å²) in [5.41, 5.74) is 0.811. The molecule has 1 aromatic heterocycles. The quantitative estimate of drug-likeness (QED) is 0.811. The maximum Gasteiger partial charge on any atom is 0.180 e. The van der Waals surface area contributed by atoms with Gasteiger partial charge in [0.15, 0.2) is 5.78 Å². The van der Waals surface area contributed by atoms with E-state index in [1.807, 2.05) is 37.6 Å². The van der Waals surface area contributed by atoms with Gasteiger partial charge in [-0.25, -0.2) is 0 Å². The Hall–Kier alpha value is -0.380. The van der Waals surface area contributed by atoms with Gasteiger partial charge in [-0.1, -0.05) is 13.8 Å². The zero-order valence-corrected chi connectivity index (χ0v) is 10.2. The van der Waals surface area contributed by atoms with Crippen molar-refractivity contribution in [1.82, 2.24) is 5.32 Å². The first kappa shape index (κ1) is 13.6. The average molecular weight is 234 g/mol. The standard InChI is InChI=1S/C10H15NOS.ClH/c1-7(2)11-8(3)10(12)9-4-5-13-6-9;/h4-8,11H,1-3H3;1H. The third kappa shape index (κ3) is 3.78. The van der Waals surface area contributed by atoms with Crippen molar-refractivity contribution < 1.29 is 4.79 Å². The molecule has 1 heterocycles. The molecule has 0 amide bonds. The van der Waals surface area contributed by atoms with Gasteiger partial charge < -0.3 is 5.32 Å². The molecule has 1 N–H and O–H groups in total. The smallest absolute Gasteiger partial charge is 0.180 e. The van der Waals surface area contributed by atoms with E-state index >= 15 is 0 Å². The summed E-state index contributed by atoms with van der Waals surface area (Å²) in [6, 6.07) is 2.12. The van der Waals surface area contributed by atoms with Crippen LogP contribution in [0.4, 0.5) is 0 Å². The fraction of sp³-hybridized carbons (Fsp3) is 0.500. The number of ketones is 1. The Morgan fingerprint density at radius 3 is 2.50 bits per heavy atom. The maximum atomic E-state index is 11.7.